The smallest absolute Gasteiger partial charge is 0.150 e. The van der Waals surface area contributed by atoms with E-state index < -0.39 is 0 Å². The van der Waals surface area contributed by atoms with Crippen molar-refractivity contribution < 1.29 is 4.79 Å². The SMILES string of the molecule is CC.CCC(C)(C)c1ccc(C(C)(C)C)c(CCc2cc(C=O)cc(C(C)C)c2)c1. The van der Waals surface area contributed by atoms with Crippen LogP contribution in [0.2, 0.25) is 0 Å². The predicted octanol–water partition coefficient (Wildman–Crippen LogP) is 8.42. The molecule has 0 unspecified atom stereocenters. The van der Waals surface area contributed by atoms with Gasteiger partial charge in [0.25, 0.3) is 0 Å². The van der Waals surface area contributed by atoms with Crippen LogP contribution in [-0.2, 0) is 23.7 Å². The first-order valence-electron chi connectivity index (χ1n) is 11.7. The lowest BCUT2D eigenvalue weighted by atomic mass is 9.76. The molecule has 166 valence electrons. The fourth-order valence-electron chi connectivity index (χ4n) is 3.73. The van der Waals surface area contributed by atoms with Crippen molar-refractivity contribution in [3.05, 3.63) is 69.8 Å². The topological polar surface area (TPSA) is 17.1 Å². The molecule has 0 radical (unpaired) electrons. The van der Waals surface area contributed by atoms with E-state index in [1.54, 1.807) is 0 Å². The van der Waals surface area contributed by atoms with Crippen molar-refractivity contribution in [3.8, 4) is 0 Å². The van der Waals surface area contributed by atoms with E-state index in [0.717, 1.165) is 31.1 Å². The molecule has 0 heterocycles. The molecule has 0 fully saturated rings. The molecule has 0 amide bonds. The zero-order chi connectivity index (χ0) is 23.1. The van der Waals surface area contributed by atoms with Gasteiger partial charge in [0.15, 0.2) is 0 Å². The highest BCUT2D eigenvalue weighted by Gasteiger charge is 2.23. The second-order valence-corrected chi connectivity index (χ2v) is 10.1. The first-order chi connectivity index (χ1) is 14.0. The molecule has 30 heavy (non-hydrogen) atoms. The summed E-state index contributed by atoms with van der Waals surface area (Å²) in [4.78, 5) is 11.4. The summed E-state index contributed by atoms with van der Waals surface area (Å²) in [5, 5.41) is 0. The summed E-state index contributed by atoms with van der Waals surface area (Å²) in [6.45, 7) is 22.1. The van der Waals surface area contributed by atoms with Gasteiger partial charge in [-0.05, 0) is 76.0 Å². The van der Waals surface area contributed by atoms with Gasteiger partial charge in [-0.15, -0.1) is 0 Å². The second kappa shape index (κ2) is 10.9. The Balaban J connectivity index is 0.00000218. The minimum absolute atomic E-state index is 0.123. The van der Waals surface area contributed by atoms with Gasteiger partial charge in [0, 0.05) is 5.56 Å². The van der Waals surface area contributed by atoms with Crippen LogP contribution in [-0.4, -0.2) is 6.29 Å². The third-order valence-corrected chi connectivity index (χ3v) is 6.10. The molecule has 0 aliphatic heterocycles. The third kappa shape index (κ3) is 6.83. The van der Waals surface area contributed by atoms with Crippen LogP contribution in [0.3, 0.4) is 0 Å². The maximum Gasteiger partial charge on any atom is 0.150 e. The maximum absolute atomic E-state index is 11.4. The van der Waals surface area contributed by atoms with E-state index in [-0.39, 0.29) is 10.8 Å². The van der Waals surface area contributed by atoms with E-state index in [1.165, 1.54) is 27.8 Å². The molecule has 0 N–H and O–H groups in total. The van der Waals surface area contributed by atoms with Crippen LogP contribution >= 0.6 is 0 Å². The molecule has 0 aliphatic rings. The van der Waals surface area contributed by atoms with Crippen LogP contribution in [0.25, 0.3) is 0 Å². The van der Waals surface area contributed by atoms with E-state index in [4.69, 9.17) is 0 Å². The summed E-state index contributed by atoms with van der Waals surface area (Å²) in [5.41, 5.74) is 7.89. The van der Waals surface area contributed by atoms with Crippen molar-refractivity contribution in [2.75, 3.05) is 0 Å². The Morgan fingerprint density at radius 3 is 2.03 bits per heavy atom. The van der Waals surface area contributed by atoms with Gasteiger partial charge in [-0.25, -0.2) is 0 Å². The highest BCUT2D eigenvalue weighted by molar-refractivity contribution is 5.75. The lowest BCUT2D eigenvalue weighted by Crippen LogP contribution is -2.19. The van der Waals surface area contributed by atoms with Crippen molar-refractivity contribution in [3.63, 3.8) is 0 Å². The van der Waals surface area contributed by atoms with Gasteiger partial charge in [0.05, 0.1) is 0 Å². The molecule has 0 bridgehead atoms. The molecule has 1 heteroatoms. The van der Waals surface area contributed by atoms with Gasteiger partial charge >= 0.3 is 0 Å². The number of carbonyl (C=O) groups is 1. The molecule has 2 aromatic rings. The Morgan fingerprint density at radius 1 is 0.900 bits per heavy atom. The summed E-state index contributed by atoms with van der Waals surface area (Å²) in [6.07, 6.45) is 4.06. The van der Waals surface area contributed by atoms with Crippen molar-refractivity contribution in [2.45, 2.75) is 105 Å². The monoisotopic (exact) mass is 408 g/mol. The van der Waals surface area contributed by atoms with Gasteiger partial charge in [-0.1, -0.05) is 93.5 Å². The predicted molar refractivity (Wildman–Crippen MR) is 133 cm³/mol. The van der Waals surface area contributed by atoms with Crippen LogP contribution in [0.4, 0.5) is 0 Å². The zero-order valence-corrected chi connectivity index (χ0v) is 21.1. The van der Waals surface area contributed by atoms with Crippen LogP contribution in [0.5, 0.6) is 0 Å². The fourth-order valence-corrected chi connectivity index (χ4v) is 3.73. The average molecular weight is 409 g/mol. The van der Waals surface area contributed by atoms with Crippen LogP contribution < -0.4 is 0 Å². The van der Waals surface area contributed by atoms with E-state index in [0.29, 0.717) is 5.92 Å². The summed E-state index contributed by atoms with van der Waals surface area (Å²) >= 11 is 0. The molecular formula is C29H44O. The van der Waals surface area contributed by atoms with Crippen LogP contribution in [0.1, 0.15) is 120 Å². The largest absolute Gasteiger partial charge is 0.298 e. The van der Waals surface area contributed by atoms with Crippen LogP contribution in [0, 0.1) is 0 Å². The number of rotatable bonds is 7. The first kappa shape index (κ1) is 26.1. The van der Waals surface area contributed by atoms with Gasteiger partial charge in [0.1, 0.15) is 6.29 Å². The normalized spacial score (nSPS) is 11.8. The minimum Gasteiger partial charge on any atom is -0.298 e. The number of hydrogen-bond donors (Lipinski definition) is 0. The Morgan fingerprint density at radius 2 is 1.53 bits per heavy atom. The molecule has 0 aromatic heterocycles. The number of carbonyl (C=O) groups excluding carboxylic acids is 1. The van der Waals surface area contributed by atoms with E-state index >= 15 is 0 Å². The molecule has 0 atom stereocenters. The third-order valence-electron chi connectivity index (χ3n) is 6.10. The van der Waals surface area contributed by atoms with Crippen molar-refractivity contribution >= 4 is 6.29 Å². The Kier molecular flexibility index (Phi) is 9.53. The number of hydrogen-bond acceptors (Lipinski definition) is 1. The molecular weight excluding hydrogens is 364 g/mol. The Labute approximate surface area is 186 Å². The van der Waals surface area contributed by atoms with Crippen LogP contribution in [0.15, 0.2) is 36.4 Å². The van der Waals surface area contributed by atoms with Gasteiger partial charge in [-0.3, -0.25) is 4.79 Å². The minimum atomic E-state index is 0.123. The Bertz CT molecular complexity index is 819. The summed E-state index contributed by atoms with van der Waals surface area (Å²) in [6, 6.07) is 13.4. The summed E-state index contributed by atoms with van der Waals surface area (Å²) in [7, 11) is 0. The fraction of sp³-hybridized carbons (Fsp3) is 0.552. The highest BCUT2D eigenvalue weighted by Crippen LogP contribution is 2.33. The second-order valence-electron chi connectivity index (χ2n) is 10.1. The molecule has 0 aliphatic carbocycles. The molecule has 0 spiro atoms. The van der Waals surface area contributed by atoms with Gasteiger partial charge in [-0.2, -0.15) is 0 Å². The Hall–Kier alpha value is -1.89. The summed E-state index contributed by atoms with van der Waals surface area (Å²) < 4.78 is 0. The first-order valence-corrected chi connectivity index (χ1v) is 11.7. The highest BCUT2D eigenvalue weighted by atomic mass is 16.1. The number of benzene rings is 2. The van der Waals surface area contributed by atoms with Crippen molar-refractivity contribution in [2.24, 2.45) is 0 Å². The quantitative estimate of drug-likeness (QED) is 0.420. The molecule has 1 nitrogen and oxygen atoms in total. The van der Waals surface area contributed by atoms with E-state index in [1.807, 2.05) is 19.9 Å². The number of aldehydes is 1. The lowest BCUT2D eigenvalue weighted by molar-refractivity contribution is 0.112. The average Bonchev–Trinajstić information content (AvgIpc) is 2.72. The number of aryl methyl sites for hydroxylation is 2. The van der Waals surface area contributed by atoms with Gasteiger partial charge in [0.2, 0.25) is 0 Å². The summed E-state index contributed by atoms with van der Waals surface area (Å²) in [5.74, 6) is 0.428. The van der Waals surface area contributed by atoms with E-state index in [9.17, 15) is 4.79 Å². The van der Waals surface area contributed by atoms with E-state index in [2.05, 4.69) is 85.7 Å². The molecule has 2 aromatic carbocycles. The molecule has 0 saturated carbocycles. The lowest BCUT2D eigenvalue weighted by Gasteiger charge is -2.28. The van der Waals surface area contributed by atoms with Crippen molar-refractivity contribution in [1.82, 2.24) is 0 Å². The molecule has 2 rings (SSSR count). The van der Waals surface area contributed by atoms with Gasteiger partial charge < -0.3 is 0 Å². The zero-order valence-electron chi connectivity index (χ0n) is 21.1. The standard InChI is InChI=1S/C27H38O.C2H6/c1-9-27(7,8)24-12-13-25(26(4,5)6)22(17-24)11-10-20-14-21(18-28)16-23(15-20)19(2)3;1-2/h12-19H,9-11H2,1-8H3;1-2H3. The molecule has 0 saturated heterocycles. The van der Waals surface area contributed by atoms with Crippen molar-refractivity contribution in [1.29, 1.82) is 0 Å². The maximum atomic E-state index is 11.4.